The van der Waals surface area contributed by atoms with Crippen LogP contribution in [0.25, 0.3) is 0 Å². The van der Waals surface area contributed by atoms with E-state index < -0.39 is 11.9 Å². The molecule has 0 aliphatic carbocycles. The number of amides is 4. The highest BCUT2D eigenvalue weighted by Crippen LogP contribution is 2.24. The highest BCUT2D eigenvalue weighted by Gasteiger charge is 2.44. The average Bonchev–Trinajstić information content (AvgIpc) is 2.43. The summed E-state index contributed by atoms with van der Waals surface area (Å²) in [6.07, 6.45) is 0.549. The van der Waals surface area contributed by atoms with E-state index in [9.17, 15) is 19.2 Å². The van der Waals surface area contributed by atoms with Gasteiger partial charge in [-0.3, -0.25) is 29.4 Å². The van der Waals surface area contributed by atoms with Gasteiger partial charge in [0.05, 0.1) is 0 Å². The zero-order valence-electron chi connectivity index (χ0n) is 8.86. The van der Waals surface area contributed by atoms with Crippen LogP contribution in [0.4, 0.5) is 0 Å². The van der Waals surface area contributed by atoms with Crippen LogP contribution in [0.2, 0.25) is 0 Å². The number of hydrogen-bond acceptors (Lipinski definition) is 4. The van der Waals surface area contributed by atoms with Gasteiger partial charge in [-0.2, -0.15) is 0 Å². The molecule has 0 radical (unpaired) electrons. The SMILES string of the molecule is C[C@@H]1CC(=O)N([C@H]2CCC(=O)NC2=O)C1=O. The molecule has 2 saturated heterocycles. The van der Waals surface area contributed by atoms with Crippen molar-refractivity contribution in [3.05, 3.63) is 0 Å². The average molecular weight is 224 g/mol. The van der Waals surface area contributed by atoms with E-state index >= 15 is 0 Å². The molecule has 2 aliphatic heterocycles. The van der Waals surface area contributed by atoms with Crippen molar-refractivity contribution in [3.63, 3.8) is 0 Å². The maximum atomic E-state index is 11.7. The van der Waals surface area contributed by atoms with E-state index in [1.54, 1.807) is 6.92 Å². The van der Waals surface area contributed by atoms with Gasteiger partial charge in [0.1, 0.15) is 6.04 Å². The van der Waals surface area contributed by atoms with Crippen LogP contribution >= 0.6 is 0 Å². The molecule has 2 atom stereocenters. The Balaban J connectivity index is 2.19. The minimum absolute atomic E-state index is 0.149. The van der Waals surface area contributed by atoms with E-state index in [4.69, 9.17) is 0 Å². The molecule has 0 unspecified atom stereocenters. The largest absolute Gasteiger partial charge is 0.295 e. The molecule has 2 fully saturated rings. The molecule has 2 heterocycles. The van der Waals surface area contributed by atoms with E-state index in [-0.39, 0.29) is 42.9 Å². The summed E-state index contributed by atoms with van der Waals surface area (Å²) < 4.78 is 0. The Morgan fingerprint density at radius 1 is 1.25 bits per heavy atom. The van der Waals surface area contributed by atoms with Crippen molar-refractivity contribution in [1.82, 2.24) is 10.2 Å². The van der Waals surface area contributed by atoms with Gasteiger partial charge in [0, 0.05) is 18.8 Å². The van der Waals surface area contributed by atoms with E-state index in [2.05, 4.69) is 5.32 Å². The third kappa shape index (κ3) is 1.60. The number of carbonyl (C=O) groups excluding carboxylic acids is 4. The Bertz CT molecular complexity index is 390. The fourth-order valence-corrected chi connectivity index (χ4v) is 2.06. The van der Waals surface area contributed by atoms with Crippen molar-refractivity contribution in [2.45, 2.75) is 32.2 Å². The molecule has 0 aromatic carbocycles. The molecule has 2 rings (SSSR count). The van der Waals surface area contributed by atoms with Crippen molar-refractivity contribution in [1.29, 1.82) is 0 Å². The van der Waals surface area contributed by atoms with Gasteiger partial charge in [-0.25, -0.2) is 0 Å². The lowest BCUT2D eigenvalue weighted by Gasteiger charge is -2.28. The summed E-state index contributed by atoms with van der Waals surface area (Å²) in [5.74, 6) is -1.91. The van der Waals surface area contributed by atoms with Crippen LogP contribution in [-0.2, 0) is 19.2 Å². The van der Waals surface area contributed by atoms with Crippen molar-refractivity contribution < 1.29 is 19.2 Å². The molecule has 4 amide bonds. The van der Waals surface area contributed by atoms with Crippen molar-refractivity contribution in [3.8, 4) is 0 Å². The Hall–Kier alpha value is -1.72. The van der Waals surface area contributed by atoms with Crippen molar-refractivity contribution >= 4 is 23.6 Å². The van der Waals surface area contributed by atoms with Crippen LogP contribution in [0.5, 0.6) is 0 Å². The molecule has 0 aromatic heterocycles. The number of nitrogens with zero attached hydrogens (tertiary/aromatic N) is 1. The summed E-state index contributed by atoms with van der Waals surface area (Å²) in [4.78, 5) is 46.7. The monoisotopic (exact) mass is 224 g/mol. The first-order chi connectivity index (χ1) is 7.50. The summed E-state index contributed by atoms with van der Waals surface area (Å²) in [6.45, 7) is 1.66. The summed E-state index contributed by atoms with van der Waals surface area (Å²) in [7, 11) is 0. The number of likely N-dealkylation sites (tertiary alicyclic amines) is 1. The van der Waals surface area contributed by atoms with Crippen LogP contribution in [0.15, 0.2) is 0 Å². The first kappa shape index (κ1) is 10.8. The number of carbonyl (C=O) groups is 4. The molecular formula is C10H12N2O4. The highest BCUT2D eigenvalue weighted by atomic mass is 16.2. The quantitative estimate of drug-likeness (QED) is 0.590. The second kappa shape index (κ2) is 3.70. The predicted molar refractivity (Wildman–Crippen MR) is 51.8 cm³/mol. The topological polar surface area (TPSA) is 83.6 Å². The van der Waals surface area contributed by atoms with E-state index in [1.807, 2.05) is 0 Å². The van der Waals surface area contributed by atoms with E-state index in [0.717, 1.165) is 4.90 Å². The molecule has 6 nitrogen and oxygen atoms in total. The van der Waals surface area contributed by atoms with E-state index in [1.165, 1.54) is 0 Å². The fourth-order valence-electron chi connectivity index (χ4n) is 2.06. The van der Waals surface area contributed by atoms with Crippen LogP contribution in [-0.4, -0.2) is 34.6 Å². The van der Waals surface area contributed by atoms with Gasteiger partial charge >= 0.3 is 0 Å². The summed E-state index contributed by atoms with van der Waals surface area (Å²) in [6, 6.07) is -0.803. The lowest BCUT2D eigenvalue weighted by Crippen LogP contribution is -2.54. The molecule has 6 heteroatoms. The standard InChI is InChI=1S/C10H12N2O4/c1-5-4-8(14)12(10(5)16)6-2-3-7(13)11-9(6)15/h5-6H,2-4H2,1H3,(H,11,13,15)/t5-,6+/m1/s1. The van der Waals surface area contributed by atoms with Crippen LogP contribution in [0.3, 0.4) is 0 Å². The van der Waals surface area contributed by atoms with Crippen LogP contribution < -0.4 is 5.32 Å². The molecule has 0 spiro atoms. The van der Waals surface area contributed by atoms with Gasteiger partial charge < -0.3 is 0 Å². The van der Waals surface area contributed by atoms with Crippen molar-refractivity contribution in [2.24, 2.45) is 5.92 Å². The molecule has 0 bridgehead atoms. The Labute approximate surface area is 92.0 Å². The fraction of sp³-hybridized carbons (Fsp3) is 0.600. The van der Waals surface area contributed by atoms with Gasteiger partial charge in [-0.1, -0.05) is 6.92 Å². The smallest absolute Gasteiger partial charge is 0.249 e. The Morgan fingerprint density at radius 2 is 1.94 bits per heavy atom. The summed E-state index contributed by atoms with van der Waals surface area (Å²) in [5.41, 5.74) is 0. The Morgan fingerprint density at radius 3 is 2.44 bits per heavy atom. The zero-order chi connectivity index (χ0) is 11.9. The third-order valence-corrected chi connectivity index (χ3v) is 2.93. The number of hydrogen-bond donors (Lipinski definition) is 1. The molecule has 2 aliphatic rings. The van der Waals surface area contributed by atoms with Crippen LogP contribution in [0.1, 0.15) is 26.2 Å². The number of piperidine rings is 1. The lowest BCUT2D eigenvalue weighted by molar-refractivity contribution is -0.151. The van der Waals surface area contributed by atoms with Gasteiger partial charge in [0.15, 0.2) is 0 Å². The zero-order valence-corrected chi connectivity index (χ0v) is 8.86. The minimum atomic E-state index is -0.803. The molecular weight excluding hydrogens is 212 g/mol. The third-order valence-electron chi connectivity index (χ3n) is 2.93. The van der Waals surface area contributed by atoms with Crippen LogP contribution in [0, 0.1) is 5.92 Å². The Kier molecular flexibility index (Phi) is 2.49. The highest BCUT2D eigenvalue weighted by molar-refractivity contribution is 6.09. The first-order valence-corrected chi connectivity index (χ1v) is 5.20. The molecule has 16 heavy (non-hydrogen) atoms. The maximum absolute atomic E-state index is 11.7. The van der Waals surface area contributed by atoms with Gasteiger partial charge in [-0.15, -0.1) is 0 Å². The molecule has 86 valence electrons. The van der Waals surface area contributed by atoms with Gasteiger partial charge in [0.25, 0.3) is 0 Å². The van der Waals surface area contributed by atoms with Crippen molar-refractivity contribution in [2.75, 3.05) is 0 Å². The molecule has 1 N–H and O–H groups in total. The summed E-state index contributed by atoms with van der Waals surface area (Å²) >= 11 is 0. The lowest BCUT2D eigenvalue weighted by atomic mass is 10.0. The molecule has 0 saturated carbocycles. The van der Waals surface area contributed by atoms with E-state index in [0.29, 0.717) is 0 Å². The normalized spacial score (nSPS) is 30.9. The maximum Gasteiger partial charge on any atom is 0.249 e. The number of imide groups is 2. The minimum Gasteiger partial charge on any atom is -0.295 e. The second-order valence-corrected chi connectivity index (χ2v) is 4.17. The van der Waals surface area contributed by atoms with Gasteiger partial charge in [0.2, 0.25) is 23.6 Å². The van der Waals surface area contributed by atoms with Gasteiger partial charge in [-0.05, 0) is 6.42 Å². The number of rotatable bonds is 1. The molecule has 0 aromatic rings. The number of nitrogens with one attached hydrogen (secondary N) is 1. The first-order valence-electron chi connectivity index (χ1n) is 5.20. The summed E-state index contributed by atoms with van der Waals surface area (Å²) in [5, 5.41) is 2.14. The second-order valence-electron chi connectivity index (χ2n) is 4.17. The predicted octanol–water partition coefficient (Wildman–Crippen LogP) is -0.813.